The average molecular weight is 248 g/mol. The number of rotatable bonds is 9. The van der Waals surface area contributed by atoms with Gasteiger partial charge in [-0.25, -0.2) is 0 Å². The van der Waals surface area contributed by atoms with Crippen LogP contribution < -0.4 is 0 Å². The lowest BCUT2D eigenvalue weighted by Gasteiger charge is -2.04. The molecule has 0 unspecified atom stereocenters. The first-order chi connectivity index (χ1) is 8.83. The van der Waals surface area contributed by atoms with Gasteiger partial charge in [-0.2, -0.15) is 0 Å². The Bertz CT molecular complexity index is 319. The van der Waals surface area contributed by atoms with Crippen molar-refractivity contribution in [1.29, 1.82) is 0 Å². The fraction of sp³-hybridized carbons (Fsp3) is 0.562. The van der Waals surface area contributed by atoms with Crippen molar-refractivity contribution in [3.8, 4) is 0 Å². The van der Waals surface area contributed by atoms with Crippen LogP contribution in [0, 0.1) is 0 Å². The monoisotopic (exact) mass is 248 g/mol. The topological polar surface area (TPSA) is 26.3 Å². The van der Waals surface area contributed by atoms with Crippen molar-refractivity contribution in [2.75, 3.05) is 6.61 Å². The molecule has 2 heteroatoms. The van der Waals surface area contributed by atoms with Gasteiger partial charge in [0, 0.05) is 6.42 Å². The first-order valence-electron chi connectivity index (χ1n) is 7.02. The van der Waals surface area contributed by atoms with Gasteiger partial charge < -0.3 is 4.74 Å². The quantitative estimate of drug-likeness (QED) is 0.485. The first-order valence-corrected chi connectivity index (χ1v) is 7.02. The largest absolute Gasteiger partial charge is 0.466 e. The maximum Gasteiger partial charge on any atom is 0.306 e. The molecule has 0 aliphatic heterocycles. The van der Waals surface area contributed by atoms with Crippen LogP contribution in [0.4, 0.5) is 0 Å². The van der Waals surface area contributed by atoms with Crippen LogP contribution in [0.3, 0.4) is 0 Å². The van der Waals surface area contributed by atoms with E-state index in [9.17, 15) is 4.79 Å². The van der Waals surface area contributed by atoms with Crippen LogP contribution in [-0.4, -0.2) is 12.6 Å². The zero-order chi connectivity index (χ0) is 13.1. The molecule has 0 aliphatic carbocycles. The lowest BCUT2D eigenvalue weighted by atomic mass is 10.1. The Morgan fingerprint density at radius 3 is 2.50 bits per heavy atom. The molecular weight excluding hydrogens is 224 g/mol. The number of unbranched alkanes of at least 4 members (excludes halogenated alkanes) is 4. The van der Waals surface area contributed by atoms with Crippen molar-refractivity contribution < 1.29 is 9.53 Å². The number of carbonyl (C=O) groups is 1. The summed E-state index contributed by atoms with van der Waals surface area (Å²) in [5.74, 6) is -0.0747. The van der Waals surface area contributed by atoms with Gasteiger partial charge in [0.1, 0.15) is 0 Å². The highest BCUT2D eigenvalue weighted by molar-refractivity contribution is 5.69. The molecule has 0 fully saturated rings. The van der Waals surface area contributed by atoms with E-state index in [2.05, 4.69) is 6.92 Å². The number of hydrogen-bond acceptors (Lipinski definition) is 2. The molecule has 0 aromatic heterocycles. The number of benzene rings is 1. The van der Waals surface area contributed by atoms with E-state index in [0.717, 1.165) is 12.8 Å². The molecule has 0 aliphatic rings. The molecule has 0 saturated heterocycles. The van der Waals surface area contributed by atoms with Gasteiger partial charge in [0.05, 0.1) is 6.61 Å². The van der Waals surface area contributed by atoms with Gasteiger partial charge in [0.25, 0.3) is 0 Å². The SMILES string of the molecule is CCCCCCCOC(=O)CCc1ccccc1. The highest BCUT2D eigenvalue weighted by Gasteiger charge is 2.03. The normalized spacial score (nSPS) is 10.3. The van der Waals surface area contributed by atoms with Gasteiger partial charge in [0.15, 0.2) is 0 Å². The van der Waals surface area contributed by atoms with Crippen LogP contribution in [0.2, 0.25) is 0 Å². The van der Waals surface area contributed by atoms with Crippen LogP contribution in [0.15, 0.2) is 30.3 Å². The van der Waals surface area contributed by atoms with Crippen LogP contribution in [0.5, 0.6) is 0 Å². The third-order valence-electron chi connectivity index (χ3n) is 2.97. The van der Waals surface area contributed by atoms with Gasteiger partial charge in [-0.15, -0.1) is 0 Å². The Labute approximate surface area is 110 Å². The van der Waals surface area contributed by atoms with Crippen molar-refractivity contribution in [3.05, 3.63) is 35.9 Å². The molecule has 1 aromatic carbocycles. The smallest absolute Gasteiger partial charge is 0.306 e. The maximum absolute atomic E-state index is 11.5. The van der Waals surface area contributed by atoms with Crippen molar-refractivity contribution in [2.24, 2.45) is 0 Å². The van der Waals surface area contributed by atoms with Crippen LogP contribution in [-0.2, 0) is 16.0 Å². The number of carbonyl (C=O) groups excluding carboxylic acids is 1. The predicted molar refractivity (Wildman–Crippen MR) is 74.5 cm³/mol. The summed E-state index contributed by atoms with van der Waals surface area (Å²) in [4.78, 5) is 11.5. The third kappa shape index (κ3) is 7.10. The number of aryl methyl sites for hydroxylation is 1. The second-order valence-electron chi connectivity index (χ2n) is 4.62. The van der Waals surface area contributed by atoms with Gasteiger partial charge in [0.2, 0.25) is 0 Å². The van der Waals surface area contributed by atoms with Crippen molar-refractivity contribution >= 4 is 5.97 Å². The fourth-order valence-electron chi connectivity index (χ4n) is 1.85. The number of hydrogen-bond donors (Lipinski definition) is 0. The van der Waals surface area contributed by atoms with Crippen LogP contribution in [0.25, 0.3) is 0 Å². The lowest BCUT2D eigenvalue weighted by molar-refractivity contribution is -0.143. The molecule has 0 heterocycles. The zero-order valence-electron chi connectivity index (χ0n) is 11.4. The van der Waals surface area contributed by atoms with E-state index in [-0.39, 0.29) is 5.97 Å². The van der Waals surface area contributed by atoms with Crippen LogP contribution in [0.1, 0.15) is 51.0 Å². The molecule has 0 atom stereocenters. The number of esters is 1. The first kappa shape index (κ1) is 14.7. The Hall–Kier alpha value is -1.31. The lowest BCUT2D eigenvalue weighted by Crippen LogP contribution is -2.07. The minimum Gasteiger partial charge on any atom is -0.466 e. The second kappa shape index (κ2) is 9.69. The van der Waals surface area contributed by atoms with E-state index in [1.165, 1.54) is 31.2 Å². The van der Waals surface area contributed by atoms with E-state index in [4.69, 9.17) is 4.74 Å². The molecule has 1 rings (SSSR count). The molecule has 0 spiro atoms. The van der Waals surface area contributed by atoms with E-state index >= 15 is 0 Å². The van der Waals surface area contributed by atoms with E-state index in [1.54, 1.807) is 0 Å². The average Bonchev–Trinajstić information content (AvgIpc) is 2.41. The predicted octanol–water partition coefficient (Wildman–Crippen LogP) is 4.13. The maximum atomic E-state index is 11.5. The Morgan fingerprint density at radius 1 is 1.06 bits per heavy atom. The summed E-state index contributed by atoms with van der Waals surface area (Å²) in [6.07, 6.45) is 7.20. The van der Waals surface area contributed by atoms with Crippen molar-refractivity contribution in [2.45, 2.75) is 51.9 Å². The molecular formula is C16H24O2. The third-order valence-corrected chi connectivity index (χ3v) is 2.97. The Balaban J connectivity index is 2.01. The summed E-state index contributed by atoms with van der Waals surface area (Å²) in [7, 11) is 0. The van der Waals surface area contributed by atoms with Crippen molar-refractivity contribution in [1.82, 2.24) is 0 Å². The summed E-state index contributed by atoms with van der Waals surface area (Å²) in [6, 6.07) is 10.1. The van der Waals surface area contributed by atoms with E-state index in [0.29, 0.717) is 13.0 Å². The van der Waals surface area contributed by atoms with Crippen molar-refractivity contribution in [3.63, 3.8) is 0 Å². The minimum absolute atomic E-state index is 0.0747. The summed E-state index contributed by atoms with van der Waals surface area (Å²) in [5, 5.41) is 0. The van der Waals surface area contributed by atoms with Crippen LogP contribution >= 0.6 is 0 Å². The minimum atomic E-state index is -0.0747. The van der Waals surface area contributed by atoms with Gasteiger partial charge in [-0.05, 0) is 18.4 Å². The van der Waals surface area contributed by atoms with E-state index in [1.807, 2.05) is 30.3 Å². The molecule has 0 N–H and O–H groups in total. The summed E-state index contributed by atoms with van der Waals surface area (Å²) < 4.78 is 5.21. The van der Waals surface area contributed by atoms with E-state index < -0.39 is 0 Å². The van der Waals surface area contributed by atoms with Gasteiger partial charge in [-0.3, -0.25) is 4.79 Å². The molecule has 0 bridgehead atoms. The van der Waals surface area contributed by atoms with Gasteiger partial charge >= 0.3 is 5.97 Å². The zero-order valence-corrected chi connectivity index (χ0v) is 11.4. The highest BCUT2D eigenvalue weighted by atomic mass is 16.5. The second-order valence-corrected chi connectivity index (χ2v) is 4.62. The van der Waals surface area contributed by atoms with Gasteiger partial charge in [-0.1, -0.05) is 62.9 Å². The summed E-state index contributed by atoms with van der Waals surface area (Å²) in [6.45, 7) is 2.78. The summed E-state index contributed by atoms with van der Waals surface area (Å²) >= 11 is 0. The molecule has 2 nitrogen and oxygen atoms in total. The Kier molecular flexibility index (Phi) is 7.94. The molecule has 18 heavy (non-hydrogen) atoms. The molecule has 1 aromatic rings. The molecule has 0 radical (unpaired) electrons. The molecule has 0 saturated carbocycles. The molecule has 100 valence electrons. The fourth-order valence-corrected chi connectivity index (χ4v) is 1.85. The molecule has 0 amide bonds. The number of ether oxygens (including phenoxy) is 1. The summed E-state index contributed by atoms with van der Waals surface area (Å²) in [5.41, 5.74) is 1.19. The Morgan fingerprint density at radius 2 is 1.78 bits per heavy atom. The highest BCUT2D eigenvalue weighted by Crippen LogP contribution is 2.05. The standard InChI is InChI=1S/C16H24O2/c1-2-3-4-5-9-14-18-16(17)13-12-15-10-7-6-8-11-15/h6-8,10-11H,2-5,9,12-14H2,1H3.